The first-order valence-corrected chi connectivity index (χ1v) is 10.3. The Morgan fingerprint density at radius 3 is 2.57 bits per heavy atom. The first kappa shape index (κ1) is 19.4. The Labute approximate surface area is 166 Å². The minimum Gasteiger partial charge on any atom is -0.323 e. The molecule has 1 saturated heterocycles. The largest absolute Gasteiger partial charge is 0.326 e. The molecule has 2 aliphatic carbocycles. The van der Waals surface area contributed by atoms with Crippen LogP contribution in [0, 0.1) is 17.2 Å². The number of carbonyl (C=O) groups excluding carboxylic acids is 2. The van der Waals surface area contributed by atoms with Crippen molar-refractivity contribution in [3.63, 3.8) is 0 Å². The van der Waals surface area contributed by atoms with Gasteiger partial charge in [0.1, 0.15) is 11.4 Å². The van der Waals surface area contributed by atoms with E-state index in [0.717, 1.165) is 19.3 Å². The highest BCUT2D eigenvalue weighted by atomic mass is 19.1. The summed E-state index contributed by atoms with van der Waals surface area (Å²) in [6.07, 6.45) is 4.45. The van der Waals surface area contributed by atoms with E-state index in [1.165, 1.54) is 11.0 Å². The third-order valence-electron chi connectivity index (χ3n) is 6.34. The van der Waals surface area contributed by atoms with E-state index < -0.39 is 5.54 Å². The Bertz CT molecular complexity index is 792. The molecule has 3 amide bonds. The summed E-state index contributed by atoms with van der Waals surface area (Å²) < 4.78 is 14.1. The Balaban J connectivity index is 1.53. The fourth-order valence-electron chi connectivity index (χ4n) is 5.40. The number of benzene rings is 1. The maximum atomic E-state index is 14.1. The first-order chi connectivity index (χ1) is 13.2. The molecular formula is C22H30FN3O2. The number of nitrogens with zero attached hydrogens (tertiary/aromatic N) is 2. The van der Waals surface area contributed by atoms with Crippen LogP contribution in [0.5, 0.6) is 0 Å². The summed E-state index contributed by atoms with van der Waals surface area (Å²) in [7, 11) is 0. The highest BCUT2D eigenvalue weighted by Crippen LogP contribution is 2.46. The molecule has 152 valence electrons. The van der Waals surface area contributed by atoms with Gasteiger partial charge in [-0.3, -0.25) is 9.69 Å². The van der Waals surface area contributed by atoms with E-state index in [1.54, 1.807) is 12.1 Å². The zero-order chi connectivity index (χ0) is 20.1. The molecule has 2 atom stereocenters. The Morgan fingerprint density at radius 1 is 1.21 bits per heavy atom. The normalized spacial score (nSPS) is 29.6. The highest BCUT2D eigenvalue weighted by molar-refractivity contribution is 6.07. The number of urea groups is 1. The molecule has 1 heterocycles. The van der Waals surface area contributed by atoms with Gasteiger partial charge in [-0.15, -0.1) is 0 Å². The topological polar surface area (TPSA) is 52.7 Å². The quantitative estimate of drug-likeness (QED) is 0.780. The second-order valence-corrected chi connectivity index (χ2v) is 9.81. The van der Waals surface area contributed by atoms with Crippen molar-refractivity contribution in [2.45, 2.75) is 71.0 Å². The van der Waals surface area contributed by atoms with Crippen molar-refractivity contribution in [2.75, 3.05) is 6.67 Å². The number of hydrogen-bond donors (Lipinski definition) is 1. The van der Waals surface area contributed by atoms with Crippen LogP contribution < -0.4 is 5.32 Å². The van der Waals surface area contributed by atoms with Crippen molar-refractivity contribution in [1.82, 2.24) is 15.1 Å². The minimum atomic E-state index is -0.786. The van der Waals surface area contributed by atoms with E-state index in [1.807, 2.05) is 6.07 Å². The lowest BCUT2D eigenvalue weighted by Crippen LogP contribution is -2.54. The highest BCUT2D eigenvalue weighted by Gasteiger charge is 2.56. The number of nitrogens with one attached hydrogen (secondary N) is 1. The van der Waals surface area contributed by atoms with Crippen LogP contribution in [0.2, 0.25) is 0 Å². The monoisotopic (exact) mass is 387 g/mol. The lowest BCUT2D eigenvalue weighted by molar-refractivity contribution is -0.136. The fraction of sp³-hybridized carbons (Fsp3) is 0.636. The molecule has 1 aliphatic heterocycles. The maximum absolute atomic E-state index is 14.1. The molecule has 0 radical (unpaired) electrons. The molecule has 0 bridgehead atoms. The van der Waals surface area contributed by atoms with Gasteiger partial charge in [0.2, 0.25) is 0 Å². The third-order valence-corrected chi connectivity index (χ3v) is 6.34. The van der Waals surface area contributed by atoms with Crippen LogP contribution in [0.3, 0.4) is 0 Å². The van der Waals surface area contributed by atoms with E-state index >= 15 is 0 Å². The van der Waals surface area contributed by atoms with E-state index in [-0.39, 0.29) is 29.8 Å². The van der Waals surface area contributed by atoms with E-state index in [4.69, 9.17) is 0 Å². The van der Waals surface area contributed by atoms with Crippen molar-refractivity contribution < 1.29 is 14.0 Å². The van der Waals surface area contributed by atoms with Crippen LogP contribution in [0.25, 0.3) is 0 Å². The van der Waals surface area contributed by atoms with Gasteiger partial charge in [0.25, 0.3) is 5.91 Å². The number of halogens is 1. The smallest absolute Gasteiger partial charge is 0.323 e. The van der Waals surface area contributed by atoms with Crippen LogP contribution >= 0.6 is 0 Å². The van der Waals surface area contributed by atoms with Crippen LogP contribution in [0.4, 0.5) is 9.18 Å². The predicted molar refractivity (Wildman–Crippen MR) is 105 cm³/mol. The number of carbonyl (C=O) groups is 2. The van der Waals surface area contributed by atoms with Crippen LogP contribution in [-0.4, -0.2) is 40.0 Å². The summed E-state index contributed by atoms with van der Waals surface area (Å²) in [5, 5.41) is 3.03. The molecule has 2 saturated carbocycles. The van der Waals surface area contributed by atoms with Crippen molar-refractivity contribution in [1.29, 1.82) is 0 Å². The van der Waals surface area contributed by atoms with Gasteiger partial charge in [-0.1, -0.05) is 39.0 Å². The molecule has 0 aromatic heterocycles. The molecule has 1 spiro atoms. The average Bonchev–Trinajstić information content (AvgIpc) is 3.39. The summed E-state index contributed by atoms with van der Waals surface area (Å²) in [5.74, 6) is 0.0203. The van der Waals surface area contributed by atoms with Gasteiger partial charge >= 0.3 is 6.03 Å². The molecule has 1 aromatic carbocycles. The predicted octanol–water partition coefficient (Wildman–Crippen LogP) is 3.88. The van der Waals surface area contributed by atoms with Crippen molar-refractivity contribution in [3.05, 3.63) is 35.6 Å². The molecule has 3 aliphatic rings. The van der Waals surface area contributed by atoms with Gasteiger partial charge in [0, 0.05) is 18.2 Å². The molecule has 28 heavy (non-hydrogen) atoms. The standard InChI is InChI=1S/C22H30FN3O2/c1-15-10-21(2,3)13-22(11-15)19(27)26(20(28)24-22)14-25(17-8-9-17)12-16-6-4-5-7-18(16)23/h4-7,15,17H,8-14H2,1-3H3,(H,24,28)/t15-,22+/m0/s1. The van der Waals surface area contributed by atoms with Crippen LogP contribution in [0.15, 0.2) is 24.3 Å². The van der Waals surface area contributed by atoms with Gasteiger partial charge in [-0.2, -0.15) is 0 Å². The zero-order valence-electron chi connectivity index (χ0n) is 17.0. The molecule has 1 aromatic rings. The maximum Gasteiger partial charge on any atom is 0.326 e. The lowest BCUT2D eigenvalue weighted by Gasteiger charge is -2.44. The summed E-state index contributed by atoms with van der Waals surface area (Å²) in [4.78, 5) is 29.5. The van der Waals surface area contributed by atoms with Crippen LogP contribution in [-0.2, 0) is 11.3 Å². The number of amides is 3. The minimum absolute atomic E-state index is 0.0139. The third kappa shape index (κ3) is 3.66. The fourth-order valence-corrected chi connectivity index (χ4v) is 5.40. The molecule has 4 rings (SSSR count). The van der Waals surface area contributed by atoms with E-state index in [9.17, 15) is 14.0 Å². The van der Waals surface area contributed by atoms with Gasteiger partial charge in [-0.05, 0) is 49.5 Å². The lowest BCUT2D eigenvalue weighted by atomic mass is 9.64. The van der Waals surface area contributed by atoms with Gasteiger partial charge < -0.3 is 5.32 Å². The summed E-state index contributed by atoms with van der Waals surface area (Å²) in [6.45, 7) is 7.12. The number of hydrogen-bond acceptors (Lipinski definition) is 3. The Hall–Kier alpha value is -1.95. The second-order valence-electron chi connectivity index (χ2n) is 9.81. The van der Waals surface area contributed by atoms with Crippen molar-refractivity contribution in [3.8, 4) is 0 Å². The second kappa shape index (κ2) is 6.83. The Kier molecular flexibility index (Phi) is 4.73. The van der Waals surface area contributed by atoms with Crippen LogP contribution in [0.1, 0.15) is 58.4 Å². The summed E-state index contributed by atoms with van der Waals surface area (Å²) in [5.41, 5.74) is -0.172. The summed E-state index contributed by atoms with van der Waals surface area (Å²) >= 11 is 0. The number of imide groups is 1. The molecule has 0 unspecified atom stereocenters. The molecule has 1 N–H and O–H groups in total. The zero-order valence-corrected chi connectivity index (χ0v) is 17.0. The van der Waals surface area contributed by atoms with Gasteiger partial charge in [0.15, 0.2) is 0 Å². The van der Waals surface area contributed by atoms with Crippen molar-refractivity contribution >= 4 is 11.9 Å². The molecular weight excluding hydrogens is 357 g/mol. The first-order valence-electron chi connectivity index (χ1n) is 10.3. The van der Waals surface area contributed by atoms with E-state index in [0.29, 0.717) is 36.9 Å². The molecule has 3 fully saturated rings. The SMILES string of the molecule is C[C@H]1CC(C)(C)C[C@@]2(C1)NC(=O)N(CN(Cc1ccccc1F)C1CC1)C2=O. The molecule has 5 nitrogen and oxygen atoms in total. The molecule has 6 heteroatoms. The van der Waals surface area contributed by atoms with Gasteiger partial charge in [-0.25, -0.2) is 14.1 Å². The number of rotatable bonds is 5. The van der Waals surface area contributed by atoms with Crippen molar-refractivity contribution in [2.24, 2.45) is 11.3 Å². The van der Waals surface area contributed by atoms with E-state index in [2.05, 4.69) is 31.0 Å². The average molecular weight is 387 g/mol. The Morgan fingerprint density at radius 2 is 1.93 bits per heavy atom. The van der Waals surface area contributed by atoms with Gasteiger partial charge in [0.05, 0.1) is 6.67 Å². The summed E-state index contributed by atoms with van der Waals surface area (Å²) in [6, 6.07) is 6.70.